The molecule has 37 heavy (non-hydrogen) atoms. The van der Waals surface area contributed by atoms with Crippen LogP contribution in [0.25, 0.3) is 0 Å². The minimum absolute atomic E-state index is 0.0857. The van der Waals surface area contributed by atoms with Crippen LogP contribution in [0.4, 0.5) is 5.13 Å². The SMILES string of the molecule is CCON=C(C(=O)NC1C(=O)N2C(C(=O)[O-])=C(C[n+]3ccccc3)CS[C@H]12)c1nc(N)[s+](N=[P+]([O-])[O-])n1. The topological polar surface area (TPSA) is 225 Å². The van der Waals surface area contributed by atoms with Crippen molar-refractivity contribution in [2.45, 2.75) is 24.9 Å². The molecule has 0 aliphatic carbocycles. The summed E-state index contributed by atoms with van der Waals surface area (Å²) in [7, 11) is -4.82. The molecule has 4 rings (SSSR count). The van der Waals surface area contributed by atoms with Gasteiger partial charge in [-0.3, -0.25) is 14.5 Å². The van der Waals surface area contributed by atoms with Gasteiger partial charge in [0.25, 0.3) is 17.6 Å². The first-order chi connectivity index (χ1) is 17.7. The molecule has 0 radical (unpaired) electrons. The quantitative estimate of drug-likeness (QED) is 0.0772. The Balaban J connectivity index is 1.55. The number of rotatable bonds is 9. The van der Waals surface area contributed by atoms with Crippen LogP contribution in [-0.2, 0) is 25.8 Å². The Morgan fingerprint density at radius 1 is 1.38 bits per heavy atom. The van der Waals surface area contributed by atoms with Crippen molar-refractivity contribution in [1.82, 2.24) is 19.6 Å². The van der Waals surface area contributed by atoms with Crippen LogP contribution in [0.2, 0.25) is 0 Å². The van der Waals surface area contributed by atoms with Crippen LogP contribution < -0.4 is 30.5 Å². The van der Waals surface area contributed by atoms with Gasteiger partial charge in [-0.1, -0.05) is 11.2 Å². The number of hydrogen-bond acceptors (Lipinski definition) is 13. The fourth-order valence-corrected chi connectivity index (χ4v) is 6.46. The summed E-state index contributed by atoms with van der Waals surface area (Å²) >= 11 is 1.28. The molecule has 4 heterocycles. The fraction of sp³-hybridized carbons (Fsp3) is 0.316. The third-order valence-electron chi connectivity index (χ3n) is 5.11. The lowest BCUT2D eigenvalue weighted by Gasteiger charge is -2.50. The molecule has 3 N–H and O–H groups in total. The van der Waals surface area contributed by atoms with Crippen molar-refractivity contribution in [1.29, 1.82) is 0 Å². The van der Waals surface area contributed by atoms with Gasteiger partial charge in [-0.2, -0.15) is 0 Å². The number of carbonyl (C=O) groups is 3. The highest BCUT2D eigenvalue weighted by molar-refractivity contribution is 8.00. The maximum atomic E-state index is 13.0. The lowest BCUT2D eigenvalue weighted by atomic mass is 10.0. The fourth-order valence-electron chi connectivity index (χ4n) is 3.59. The number of hydrogen-bond donors (Lipinski definition) is 2. The Labute approximate surface area is 217 Å². The first-order valence-electron chi connectivity index (χ1n) is 10.6. The summed E-state index contributed by atoms with van der Waals surface area (Å²) in [6.07, 6.45) is 3.54. The first kappa shape index (κ1) is 26.6. The number of nitrogen functional groups attached to an aromatic ring is 1. The number of carboxylic acid groups (broad SMARTS) is 1. The minimum Gasteiger partial charge on any atom is -0.610 e. The predicted molar refractivity (Wildman–Crippen MR) is 126 cm³/mol. The van der Waals surface area contributed by atoms with Crippen LogP contribution in [0.3, 0.4) is 0 Å². The second-order valence-electron chi connectivity index (χ2n) is 7.45. The van der Waals surface area contributed by atoms with E-state index in [2.05, 4.69) is 24.0 Å². The second kappa shape index (κ2) is 11.3. The van der Waals surface area contributed by atoms with E-state index in [1.165, 1.54) is 11.8 Å². The summed E-state index contributed by atoms with van der Waals surface area (Å²) in [5, 5.41) is 17.2. The van der Waals surface area contributed by atoms with Crippen molar-refractivity contribution in [2.75, 3.05) is 18.1 Å². The molecular weight excluding hydrogens is 547 g/mol. The summed E-state index contributed by atoms with van der Waals surface area (Å²) < 4.78 is 9.02. The third-order valence-corrected chi connectivity index (χ3v) is 8.41. The van der Waals surface area contributed by atoms with Crippen molar-refractivity contribution in [3.8, 4) is 0 Å². The van der Waals surface area contributed by atoms with Gasteiger partial charge in [-0.25, -0.2) is 4.57 Å². The number of nitrogens with one attached hydrogen (secondary N) is 1. The molecule has 1 fully saturated rings. The maximum absolute atomic E-state index is 13.0. The van der Waals surface area contributed by atoms with Crippen molar-refractivity contribution in [3.63, 3.8) is 0 Å². The molecule has 2 aromatic heterocycles. The number of thioether (sulfide) groups is 1. The number of nitrogens with two attached hydrogens (primary N) is 1. The lowest BCUT2D eigenvalue weighted by molar-refractivity contribution is -0.689. The molecule has 1 saturated heterocycles. The normalized spacial score (nSPS) is 19.6. The largest absolute Gasteiger partial charge is 0.610 e. The Morgan fingerprint density at radius 3 is 2.76 bits per heavy atom. The van der Waals surface area contributed by atoms with Crippen LogP contribution in [0, 0.1) is 0 Å². The van der Waals surface area contributed by atoms with Gasteiger partial charge in [0.1, 0.15) is 18.0 Å². The number of pyridine rings is 1. The number of anilines is 1. The van der Waals surface area contributed by atoms with E-state index in [1.807, 2.05) is 6.07 Å². The van der Waals surface area contributed by atoms with Gasteiger partial charge in [0.05, 0.1) is 11.7 Å². The van der Waals surface area contributed by atoms with E-state index in [0.717, 1.165) is 4.90 Å². The highest BCUT2D eigenvalue weighted by Gasteiger charge is 2.53. The van der Waals surface area contributed by atoms with E-state index in [0.29, 0.717) is 5.57 Å². The molecule has 2 amide bonds. The number of amides is 2. The van der Waals surface area contributed by atoms with Crippen LogP contribution in [-0.4, -0.2) is 61.5 Å². The molecule has 2 aliphatic rings. The third kappa shape index (κ3) is 5.60. The van der Waals surface area contributed by atoms with Gasteiger partial charge in [-0.05, 0) is 6.92 Å². The molecule has 15 nitrogen and oxygen atoms in total. The van der Waals surface area contributed by atoms with E-state index >= 15 is 0 Å². The Kier molecular flexibility index (Phi) is 8.09. The number of aliphatic carboxylic acids is 1. The lowest BCUT2D eigenvalue weighted by Crippen LogP contribution is -2.71. The molecule has 2 unspecified atom stereocenters. The predicted octanol–water partition coefficient (Wildman–Crippen LogP) is -3.08. The average molecular weight is 567 g/mol. The summed E-state index contributed by atoms with van der Waals surface area (Å²) in [6.45, 7) is 1.94. The highest BCUT2D eigenvalue weighted by atomic mass is 32.2. The molecule has 2 aromatic rings. The van der Waals surface area contributed by atoms with Gasteiger partial charge in [-0.15, -0.1) is 16.7 Å². The molecule has 18 heteroatoms. The van der Waals surface area contributed by atoms with Crippen LogP contribution in [0.5, 0.6) is 0 Å². The molecule has 0 bridgehead atoms. The smallest absolute Gasteiger partial charge is 0.398 e. The van der Waals surface area contributed by atoms with Crippen LogP contribution in [0.1, 0.15) is 12.7 Å². The minimum atomic E-state index is -3.17. The van der Waals surface area contributed by atoms with Crippen molar-refractivity contribution in [2.24, 2.45) is 9.31 Å². The molecule has 194 valence electrons. The van der Waals surface area contributed by atoms with Crippen molar-refractivity contribution < 1.29 is 38.7 Å². The monoisotopic (exact) mass is 566 g/mol. The Morgan fingerprint density at radius 2 is 2.11 bits per heavy atom. The summed E-state index contributed by atoms with van der Waals surface area (Å²) in [4.78, 5) is 69.7. The number of carboxylic acids is 1. The highest BCUT2D eigenvalue weighted by Crippen LogP contribution is 2.40. The van der Waals surface area contributed by atoms with E-state index in [9.17, 15) is 29.3 Å². The standard InChI is InChI=1S/C19H19N8O7PS2/c1-2-34-23-11(14-22-19(20)37(24-14)25-35(32)33)15(28)21-12-16(29)27-13(18(30)31)10(9-36-17(12)27)8-26-6-4-3-5-7-26/h3-7,12,17H,2,8-9H2,1H3,(H3-2,20,21,22,24,25,28,30,31,32,33)/t12?,17-,37?/m1/s1. The van der Waals surface area contributed by atoms with Crippen LogP contribution in [0.15, 0.2) is 51.2 Å². The molecule has 2 aliphatic heterocycles. The molecule has 0 spiro atoms. The average Bonchev–Trinajstić information content (AvgIpc) is 3.21. The zero-order valence-corrected chi connectivity index (χ0v) is 21.6. The molecule has 3 atom stereocenters. The number of nitrogens with zero attached hydrogens (tertiary/aromatic N) is 6. The Hall–Kier alpha value is -3.50. The first-order valence-corrected chi connectivity index (χ1v) is 13.9. The van der Waals surface area contributed by atoms with Gasteiger partial charge in [0, 0.05) is 27.8 Å². The number of oxime groups is 1. The zero-order valence-electron chi connectivity index (χ0n) is 19.0. The number of aromatic nitrogens is 3. The number of β-lactam (4-membered cyclic amide) rings is 1. The molecule has 0 saturated carbocycles. The summed E-state index contributed by atoms with van der Waals surface area (Å²) in [6, 6.07) is 4.34. The summed E-state index contributed by atoms with van der Waals surface area (Å²) in [5.41, 5.74) is 5.49. The van der Waals surface area contributed by atoms with E-state index in [1.54, 1.807) is 36.0 Å². The maximum Gasteiger partial charge on any atom is 0.398 e. The van der Waals surface area contributed by atoms with Gasteiger partial charge in [0.2, 0.25) is 5.71 Å². The van der Waals surface area contributed by atoms with Gasteiger partial charge < -0.3 is 35.6 Å². The van der Waals surface area contributed by atoms with Gasteiger partial charge in [0.15, 0.2) is 31.3 Å². The van der Waals surface area contributed by atoms with Gasteiger partial charge >= 0.3 is 16.0 Å². The Bertz CT molecular complexity index is 1330. The van der Waals surface area contributed by atoms with E-state index < -0.39 is 53.9 Å². The summed E-state index contributed by atoms with van der Waals surface area (Å²) in [5.74, 6) is -3.07. The van der Waals surface area contributed by atoms with E-state index in [4.69, 9.17) is 10.6 Å². The van der Waals surface area contributed by atoms with Crippen molar-refractivity contribution in [3.05, 3.63) is 47.7 Å². The molecular formula is C19H19N8O7PS2. The van der Waals surface area contributed by atoms with Crippen LogP contribution >= 0.6 is 30.8 Å². The number of carbonyl (C=O) groups excluding carboxylic acids is 3. The van der Waals surface area contributed by atoms with Crippen molar-refractivity contribution >= 4 is 59.4 Å². The second-order valence-corrected chi connectivity index (χ2v) is 10.8. The zero-order chi connectivity index (χ0) is 26.7. The molecule has 0 aromatic carbocycles. The number of fused-ring (bicyclic) bond motifs is 1. The van der Waals surface area contributed by atoms with E-state index in [-0.39, 0.29) is 35.6 Å².